The molecule has 2 heteroatoms. The van der Waals surface area contributed by atoms with Gasteiger partial charge in [0.1, 0.15) is 0 Å². The van der Waals surface area contributed by atoms with Crippen molar-refractivity contribution in [2.24, 2.45) is 0 Å². The van der Waals surface area contributed by atoms with Crippen LogP contribution in [0.25, 0.3) is 27.5 Å². The Labute approximate surface area is 201 Å². The number of para-hydroxylation sites is 3. The lowest BCUT2D eigenvalue weighted by Crippen LogP contribution is -2.54. The Morgan fingerprint density at radius 1 is 0.618 bits per heavy atom. The minimum atomic E-state index is 0.0837. The van der Waals surface area contributed by atoms with Crippen LogP contribution in [-0.4, -0.2) is 10.1 Å². The Kier molecular flexibility index (Phi) is 4.09. The molecule has 1 aliphatic carbocycles. The summed E-state index contributed by atoms with van der Waals surface area (Å²) < 4.78 is 2.40. The van der Waals surface area contributed by atoms with Crippen molar-refractivity contribution in [1.82, 2.24) is 4.57 Å². The number of hydrogen-bond acceptors (Lipinski definition) is 1. The minimum absolute atomic E-state index is 0.0837. The molecule has 0 radical (unpaired) electrons. The molecular weight excluding hydrogens is 412 g/mol. The molecule has 1 saturated carbocycles. The van der Waals surface area contributed by atoms with Crippen molar-refractivity contribution in [3.63, 3.8) is 0 Å². The molecule has 168 valence electrons. The zero-order valence-corrected chi connectivity index (χ0v) is 20.0. The molecule has 7 rings (SSSR count). The summed E-state index contributed by atoms with van der Waals surface area (Å²) in [5.41, 5.74) is 8.21. The van der Waals surface area contributed by atoms with Crippen LogP contribution in [0.5, 0.6) is 0 Å². The van der Waals surface area contributed by atoms with Gasteiger partial charge in [-0.2, -0.15) is 0 Å². The van der Waals surface area contributed by atoms with E-state index in [2.05, 4.69) is 120 Å². The first-order valence-electron chi connectivity index (χ1n) is 12.6. The quantitative estimate of drug-likeness (QED) is 0.266. The summed E-state index contributed by atoms with van der Waals surface area (Å²) in [6.45, 7) is 5.01. The monoisotopic (exact) mass is 442 g/mol. The summed E-state index contributed by atoms with van der Waals surface area (Å²) in [7, 11) is 0. The highest BCUT2D eigenvalue weighted by Crippen LogP contribution is 2.60. The average Bonchev–Trinajstić information content (AvgIpc) is 3.31. The lowest BCUT2D eigenvalue weighted by atomic mass is 9.61. The first-order valence-corrected chi connectivity index (χ1v) is 12.6. The highest BCUT2D eigenvalue weighted by molar-refractivity contribution is 6.10. The molecule has 1 fully saturated rings. The second kappa shape index (κ2) is 6.99. The predicted octanol–water partition coefficient (Wildman–Crippen LogP) is 8.53. The Morgan fingerprint density at radius 2 is 1.32 bits per heavy atom. The molecule has 2 nitrogen and oxygen atoms in total. The van der Waals surface area contributed by atoms with Crippen LogP contribution in [0.3, 0.4) is 0 Å². The Morgan fingerprint density at radius 3 is 2.21 bits per heavy atom. The number of anilines is 2. The second-order valence-electron chi connectivity index (χ2n) is 10.6. The maximum atomic E-state index is 2.68. The summed E-state index contributed by atoms with van der Waals surface area (Å²) in [5.74, 6) is 0. The lowest BCUT2D eigenvalue weighted by molar-refractivity contribution is 0.195. The van der Waals surface area contributed by atoms with Crippen LogP contribution in [0.1, 0.15) is 45.1 Å². The van der Waals surface area contributed by atoms with Gasteiger partial charge in [-0.05, 0) is 67.8 Å². The van der Waals surface area contributed by atoms with Crippen LogP contribution in [0.2, 0.25) is 0 Å². The van der Waals surface area contributed by atoms with E-state index >= 15 is 0 Å². The van der Waals surface area contributed by atoms with Crippen LogP contribution in [-0.2, 0) is 5.41 Å². The van der Waals surface area contributed by atoms with Gasteiger partial charge in [0.2, 0.25) is 0 Å². The van der Waals surface area contributed by atoms with Gasteiger partial charge < -0.3 is 9.47 Å². The first kappa shape index (κ1) is 19.9. The standard InChI is InChI=1S/C32H30N2/c1-31-20-10-11-21-32(31,2)34(30-17-9-7-15-27(30)31)24-18-19-29-26(22-24)25-14-6-8-16-28(25)33(29)23-12-4-3-5-13-23/h3-9,12-19,22H,10-11,20-21H2,1-2H3. The lowest BCUT2D eigenvalue weighted by Gasteiger charge is -2.50. The zero-order valence-electron chi connectivity index (χ0n) is 20.0. The molecule has 5 aromatic rings. The summed E-state index contributed by atoms with van der Waals surface area (Å²) in [6, 6.07) is 35.8. The molecule has 0 spiro atoms. The van der Waals surface area contributed by atoms with Crippen molar-refractivity contribution in [2.45, 2.75) is 50.5 Å². The van der Waals surface area contributed by atoms with Gasteiger partial charge in [0, 0.05) is 33.2 Å². The number of nitrogens with zero attached hydrogens (tertiary/aromatic N) is 2. The van der Waals surface area contributed by atoms with Gasteiger partial charge >= 0.3 is 0 Å². The van der Waals surface area contributed by atoms with E-state index in [0.717, 1.165) is 0 Å². The summed E-state index contributed by atoms with van der Waals surface area (Å²) >= 11 is 0. The molecular formula is C32H30N2. The number of fused-ring (bicyclic) bond motifs is 6. The maximum absolute atomic E-state index is 2.68. The van der Waals surface area contributed by atoms with E-state index < -0.39 is 0 Å². The zero-order chi connectivity index (χ0) is 22.9. The molecule has 1 aliphatic heterocycles. The molecule has 2 unspecified atom stereocenters. The van der Waals surface area contributed by atoms with E-state index in [4.69, 9.17) is 0 Å². The highest BCUT2D eigenvalue weighted by Gasteiger charge is 2.57. The average molecular weight is 443 g/mol. The van der Waals surface area contributed by atoms with Crippen LogP contribution < -0.4 is 4.90 Å². The molecule has 4 aromatic carbocycles. The molecule has 0 N–H and O–H groups in total. The van der Waals surface area contributed by atoms with Crippen molar-refractivity contribution in [1.29, 1.82) is 0 Å². The van der Waals surface area contributed by atoms with Crippen molar-refractivity contribution < 1.29 is 0 Å². The van der Waals surface area contributed by atoms with E-state index in [1.807, 2.05) is 0 Å². The fourth-order valence-electron chi connectivity index (χ4n) is 7.06. The number of rotatable bonds is 2. The Hall–Kier alpha value is -3.52. The van der Waals surface area contributed by atoms with Crippen LogP contribution in [0, 0.1) is 0 Å². The van der Waals surface area contributed by atoms with Gasteiger partial charge in [0.05, 0.1) is 16.6 Å². The van der Waals surface area contributed by atoms with E-state index in [1.165, 1.54) is 70.1 Å². The highest BCUT2D eigenvalue weighted by atomic mass is 15.3. The molecule has 2 aliphatic rings. The van der Waals surface area contributed by atoms with Crippen LogP contribution in [0.4, 0.5) is 11.4 Å². The molecule has 1 aromatic heterocycles. The topological polar surface area (TPSA) is 8.17 Å². The Balaban J connectivity index is 1.50. The molecule has 0 bridgehead atoms. The summed E-state index contributed by atoms with van der Waals surface area (Å²) in [5, 5.41) is 2.63. The van der Waals surface area contributed by atoms with Crippen molar-refractivity contribution in [3.8, 4) is 5.69 Å². The first-order chi connectivity index (χ1) is 16.6. The number of hydrogen-bond donors (Lipinski definition) is 0. The van der Waals surface area contributed by atoms with Gasteiger partial charge in [-0.25, -0.2) is 0 Å². The van der Waals surface area contributed by atoms with Crippen LogP contribution >= 0.6 is 0 Å². The summed E-state index contributed by atoms with van der Waals surface area (Å²) in [4.78, 5) is 2.68. The third kappa shape index (κ3) is 2.46. The van der Waals surface area contributed by atoms with E-state index in [1.54, 1.807) is 0 Å². The SMILES string of the molecule is CC12CCCCC1(C)N(c1ccc3c(c1)c1ccccc1n3-c1ccccc1)c1ccccc12. The van der Waals surface area contributed by atoms with E-state index in [9.17, 15) is 0 Å². The van der Waals surface area contributed by atoms with Gasteiger partial charge in [-0.3, -0.25) is 0 Å². The van der Waals surface area contributed by atoms with Crippen LogP contribution in [0.15, 0.2) is 97.1 Å². The van der Waals surface area contributed by atoms with Gasteiger partial charge in [0.15, 0.2) is 0 Å². The molecule has 0 saturated heterocycles. The normalized spacial score (nSPS) is 23.9. The molecule has 34 heavy (non-hydrogen) atoms. The fraction of sp³-hybridized carbons (Fsp3) is 0.250. The van der Waals surface area contributed by atoms with Gasteiger partial charge in [0.25, 0.3) is 0 Å². The van der Waals surface area contributed by atoms with Crippen molar-refractivity contribution >= 4 is 33.2 Å². The van der Waals surface area contributed by atoms with Gasteiger partial charge in [-0.1, -0.05) is 74.4 Å². The summed E-state index contributed by atoms with van der Waals surface area (Å²) in [6.07, 6.45) is 5.10. The second-order valence-corrected chi connectivity index (χ2v) is 10.6. The van der Waals surface area contributed by atoms with Gasteiger partial charge in [-0.15, -0.1) is 0 Å². The largest absolute Gasteiger partial charge is 0.334 e. The molecule has 2 atom stereocenters. The number of benzene rings is 4. The third-order valence-corrected chi connectivity index (χ3v) is 8.94. The molecule has 2 heterocycles. The molecule has 0 amide bonds. The van der Waals surface area contributed by atoms with E-state index in [-0.39, 0.29) is 11.0 Å². The Bertz CT molecular complexity index is 1550. The van der Waals surface area contributed by atoms with Crippen molar-refractivity contribution in [3.05, 3.63) is 103 Å². The third-order valence-electron chi connectivity index (χ3n) is 8.94. The van der Waals surface area contributed by atoms with Crippen molar-refractivity contribution in [2.75, 3.05) is 4.90 Å². The fourth-order valence-corrected chi connectivity index (χ4v) is 7.06. The smallest absolute Gasteiger partial charge is 0.0542 e. The minimum Gasteiger partial charge on any atom is -0.334 e. The predicted molar refractivity (Wildman–Crippen MR) is 144 cm³/mol. The number of aromatic nitrogens is 1. The maximum Gasteiger partial charge on any atom is 0.0542 e. The van der Waals surface area contributed by atoms with E-state index in [0.29, 0.717) is 0 Å².